The summed E-state index contributed by atoms with van der Waals surface area (Å²) in [6.45, 7) is 5.35. The van der Waals surface area contributed by atoms with E-state index in [1.807, 2.05) is 24.3 Å². The second-order valence-corrected chi connectivity index (χ2v) is 7.41. The maximum Gasteiger partial charge on any atom is 0.258 e. The van der Waals surface area contributed by atoms with Crippen molar-refractivity contribution in [1.29, 1.82) is 0 Å². The summed E-state index contributed by atoms with van der Waals surface area (Å²) in [6.07, 6.45) is -0.203. The van der Waals surface area contributed by atoms with Gasteiger partial charge in [0.05, 0.1) is 0 Å². The van der Waals surface area contributed by atoms with Crippen LogP contribution in [0.25, 0.3) is 0 Å². The Morgan fingerprint density at radius 3 is 2.43 bits per heavy atom. The van der Waals surface area contributed by atoms with E-state index in [2.05, 4.69) is 15.9 Å². The molecule has 1 saturated heterocycles. The fourth-order valence-electron chi connectivity index (χ4n) is 2.50. The van der Waals surface area contributed by atoms with E-state index in [-0.39, 0.29) is 11.9 Å². The molecule has 2 atom stereocenters. The Bertz CT molecular complexity index is 548. The van der Waals surface area contributed by atoms with E-state index in [4.69, 9.17) is 0 Å². The van der Waals surface area contributed by atoms with Gasteiger partial charge in [-0.2, -0.15) is 0 Å². The number of benzene rings is 1. The van der Waals surface area contributed by atoms with E-state index in [1.165, 1.54) is 4.90 Å². The van der Waals surface area contributed by atoms with Crippen molar-refractivity contribution in [3.63, 3.8) is 0 Å². The van der Waals surface area contributed by atoms with Crippen LogP contribution in [0.5, 0.6) is 0 Å². The van der Waals surface area contributed by atoms with Gasteiger partial charge in [-0.05, 0) is 24.1 Å². The molecule has 4 nitrogen and oxygen atoms in total. The van der Waals surface area contributed by atoms with Gasteiger partial charge in [-0.3, -0.25) is 14.5 Å². The number of imide groups is 1. The maximum absolute atomic E-state index is 12.5. The first-order valence-electron chi connectivity index (χ1n) is 7.00. The fourth-order valence-corrected chi connectivity index (χ4v) is 2.76. The molecule has 1 heterocycles. The van der Waals surface area contributed by atoms with Crippen LogP contribution in [-0.2, 0) is 16.0 Å². The highest BCUT2D eigenvalue weighted by Gasteiger charge is 2.45. The average molecular weight is 354 g/mol. The van der Waals surface area contributed by atoms with Gasteiger partial charge in [0, 0.05) is 22.4 Å². The summed E-state index contributed by atoms with van der Waals surface area (Å²) in [7, 11) is 0. The number of carbonyl (C=O) groups excluding carboxylic acids is 2. The van der Waals surface area contributed by atoms with Gasteiger partial charge >= 0.3 is 0 Å². The second-order valence-electron chi connectivity index (χ2n) is 6.50. The summed E-state index contributed by atoms with van der Waals surface area (Å²) < 4.78 is 0.983. The van der Waals surface area contributed by atoms with Crippen molar-refractivity contribution in [2.45, 2.75) is 45.8 Å². The normalized spacial score (nSPS) is 22.7. The van der Waals surface area contributed by atoms with Crippen LogP contribution in [-0.4, -0.2) is 34.0 Å². The van der Waals surface area contributed by atoms with Crippen molar-refractivity contribution >= 4 is 27.7 Å². The van der Waals surface area contributed by atoms with Crippen LogP contribution >= 0.6 is 15.9 Å². The van der Waals surface area contributed by atoms with Crippen molar-refractivity contribution < 1.29 is 14.7 Å². The standard InChI is InChI=1S/C16H20BrNO3/c1-16(2,3)15(21)18-12(9-13(19)14(18)20)8-10-4-6-11(17)7-5-10/h4-7,12-13,19H,8-9H2,1-3H3/t12-,13-/m1/s1. The molecule has 114 valence electrons. The number of halogens is 1. The molecule has 21 heavy (non-hydrogen) atoms. The zero-order valence-corrected chi connectivity index (χ0v) is 14.1. The van der Waals surface area contributed by atoms with E-state index in [0.29, 0.717) is 12.8 Å². The number of hydrogen-bond donors (Lipinski definition) is 1. The smallest absolute Gasteiger partial charge is 0.258 e. The molecule has 1 aromatic carbocycles. The monoisotopic (exact) mass is 353 g/mol. The molecule has 2 rings (SSSR count). The number of amides is 2. The SMILES string of the molecule is CC(C)(C)C(=O)N1C(=O)[C@H](O)C[C@H]1Cc1ccc(Br)cc1. The second kappa shape index (κ2) is 5.89. The predicted octanol–water partition coefficient (Wildman–Crippen LogP) is 2.53. The van der Waals surface area contributed by atoms with Crippen LogP contribution in [0.15, 0.2) is 28.7 Å². The number of carbonyl (C=O) groups is 2. The molecule has 0 aliphatic carbocycles. The highest BCUT2D eigenvalue weighted by Crippen LogP contribution is 2.28. The molecule has 0 saturated carbocycles. The Hall–Kier alpha value is -1.20. The molecule has 0 radical (unpaired) electrons. The lowest BCUT2D eigenvalue weighted by molar-refractivity contribution is -0.151. The predicted molar refractivity (Wildman–Crippen MR) is 83.6 cm³/mol. The van der Waals surface area contributed by atoms with Crippen LogP contribution in [0.3, 0.4) is 0 Å². The minimum atomic E-state index is -1.07. The number of hydrogen-bond acceptors (Lipinski definition) is 3. The van der Waals surface area contributed by atoms with Crippen LogP contribution in [0.2, 0.25) is 0 Å². The van der Waals surface area contributed by atoms with Crippen molar-refractivity contribution in [2.24, 2.45) is 5.41 Å². The van der Waals surface area contributed by atoms with Gasteiger partial charge in [-0.1, -0.05) is 48.8 Å². The van der Waals surface area contributed by atoms with Crippen molar-refractivity contribution in [2.75, 3.05) is 0 Å². The number of aliphatic hydroxyl groups is 1. The lowest BCUT2D eigenvalue weighted by atomic mass is 9.93. The quantitative estimate of drug-likeness (QED) is 0.888. The van der Waals surface area contributed by atoms with Crippen LogP contribution in [0, 0.1) is 5.41 Å². The Kier molecular flexibility index (Phi) is 4.54. The van der Waals surface area contributed by atoms with E-state index < -0.39 is 17.4 Å². The van der Waals surface area contributed by atoms with Gasteiger partial charge in [0.1, 0.15) is 6.10 Å². The zero-order valence-electron chi connectivity index (χ0n) is 12.5. The van der Waals surface area contributed by atoms with Crippen molar-refractivity contribution in [3.05, 3.63) is 34.3 Å². The molecule has 1 aliphatic heterocycles. The number of rotatable bonds is 2. The third-order valence-electron chi connectivity index (χ3n) is 3.63. The summed E-state index contributed by atoms with van der Waals surface area (Å²) in [5, 5.41) is 9.82. The minimum Gasteiger partial charge on any atom is -0.383 e. The summed E-state index contributed by atoms with van der Waals surface area (Å²) in [5.41, 5.74) is 0.398. The first kappa shape index (κ1) is 16.2. The van der Waals surface area contributed by atoms with E-state index >= 15 is 0 Å². The van der Waals surface area contributed by atoms with Crippen LogP contribution in [0.1, 0.15) is 32.8 Å². The Labute approximate surface area is 133 Å². The van der Waals surface area contributed by atoms with Gasteiger partial charge in [-0.25, -0.2) is 0 Å². The molecule has 0 unspecified atom stereocenters. The van der Waals surface area contributed by atoms with Crippen LogP contribution in [0.4, 0.5) is 0 Å². The largest absolute Gasteiger partial charge is 0.383 e. The van der Waals surface area contributed by atoms with Crippen molar-refractivity contribution in [1.82, 2.24) is 4.90 Å². The molecule has 0 spiro atoms. The molecule has 2 amide bonds. The van der Waals surface area contributed by atoms with Gasteiger partial charge in [-0.15, -0.1) is 0 Å². The number of aliphatic hydroxyl groups excluding tert-OH is 1. The Morgan fingerprint density at radius 1 is 1.33 bits per heavy atom. The topological polar surface area (TPSA) is 57.6 Å². The Balaban J connectivity index is 2.22. The summed E-state index contributed by atoms with van der Waals surface area (Å²) in [5.74, 6) is -0.705. The maximum atomic E-state index is 12.5. The summed E-state index contributed by atoms with van der Waals surface area (Å²) >= 11 is 3.38. The molecular weight excluding hydrogens is 334 g/mol. The molecule has 1 fully saturated rings. The van der Waals surface area contributed by atoms with E-state index in [9.17, 15) is 14.7 Å². The lowest BCUT2D eigenvalue weighted by Crippen LogP contribution is -2.46. The first-order valence-corrected chi connectivity index (χ1v) is 7.79. The highest BCUT2D eigenvalue weighted by atomic mass is 79.9. The van der Waals surface area contributed by atoms with Gasteiger partial charge in [0.2, 0.25) is 5.91 Å². The molecule has 1 N–H and O–H groups in total. The molecular formula is C16H20BrNO3. The van der Waals surface area contributed by atoms with E-state index in [1.54, 1.807) is 20.8 Å². The first-order chi connectivity index (χ1) is 9.70. The van der Waals surface area contributed by atoms with E-state index in [0.717, 1.165) is 10.0 Å². The molecule has 0 bridgehead atoms. The molecule has 1 aliphatic rings. The van der Waals surface area contributed by atoms with Gasteiger partial charge < -0.3 is 5.11 Å². The van der Waals surface area contributed by atoms with Gasteiger partial charge in [0.25, 0.3) is 5.91 Å². The zero-order chi connectivity index (χ0) is 15.8. The highest BCUT2D eigenvalue weighted by molar-refractivity contribution is 9.10. The van der Waals surface area contributed by atoms with Crippen molar-refractivity contribution in [3.8, 4) is 0 Å². The van der Waals surface area contributed by atoms with Gasteiger partial charge in [0.15, 0.2) is 0 Å². The average Bonchev–Trinajstić information content (AvgIpc) is 2.66. The third-order valence-corrected chi connectivity index (χ3v) is 4.16. The number of nitrogens with zero attached hydrogens (tertiary/aromatic N) is 1. The fraction of sp³-hybridized carbons (Fsp3) is 0.500. The van der Waals surface area contributed by atoms with Crippen LogP contribution < -0.4 is 0 Å². The molecule has 1 aromatic rings. The summed E-state index contributed by atoms with van der Waals surface area (Å²) in [6, 6.07) is 7.50. The lowest BCUT2D eigenvalue weighted by Gasteiger charge is -2.29. The molecule has 5 heteroatoms. The number of likely N-dealkylation sites (tertiary alicyclic amines) is 1. The third kappa shape index (κ3) is 3.52. The Morgan fingerprint density at radius 2 is 1.90 bits per heavy atom. The minimum absolute atomic E-state index is 0.230. The summed E-state index contributed by atoms with van der Waals surface area (Å²) in [4.78, 5) is 25.8. The molecule has 0 aromatic heterocycles.